The maximum Gasteiger partial charge on any atom is 0.267 e. The highest BCUT2D eigenvalue weighted by molar-refractivity contribution is 7.88. The Labute approximate surface area is 234 Å². The van der Waals surface area contributed by atoms with Crippen LogP contribution in [-0.4, -0.2) is 42.2 Å². The van der Waals surface area contributed by atoms with Gasteiger partial charge < -0.3 is 4.98 Å². The summed E-state index contributed by atoms with van der Waals surface area (Å²) < 4.78 is 25.5. The minimum Gasteiger partial charge on any atom is -0.361 e. The molecule has 0 saturated carbocycles. The van der Waals surface area contributed by atoms with E-state index in [4.69, 9.17) is 5.21 Å². The minimum atomic E-state index is -3.24. The van der Waals surface area contributed by atoms with Gasteiger partial charge in [-0.25, -0.2) is 18.6 Å². The number of sulfonamides is 1. The molecule has 3 aromatic carbocycles. The summed E-state index contributed by atoms with van der Waals surface area (Å²) in [6, 6.07) is 23.0. The highest BCUT2D eigenvalue weighted by atomic mass is 32.2. The molecule has 208 valence electrons. The minimum absolute atomic E-state index is 0.255. The lowest BCUT2D eigenvalue weighted by atomic mass is 10.0. The zero-order chi connectivity index (χ0) is 28.1. The number of fused-ring (bicyclic) bond motifs is 2. The van der Waals surface area contributed by atoms with Crippen molar-refractivity contribution in [3.63, 3.8) is 0 Å². The zero-order valence-corrected chi connectivity index (χ0v) is 23.2. The number of hydrogen-bond acceptors (Lipinski definition) is 5. The molecule has 9 heteroatoms. The number of H-pyrrole nitrogens is 1. The Balaban J connectivity index is 1.37. The van der Waals surface area contributed by atoms with Crippen LogP contribution in [0.3, 0.4) is 0 Å². The molecular weight excluding hydrogens is 524 g/mol. The Hall–Kier alpha value is -3.76. The molecule has 1 atom stereocenters. The molecule has 4 N–H and O–H groups in total. The molecule has 1 aliphatic carbocycles. The van der Waals surface area contributed by atoms with Gasteiger partial charge in [-0.1, -0.05) is 60.7 Å². The summed E-state index contributed by atoms with van der Waals surface area (Å²) in [6.45, 7) is 1.92. The standard InChI is InChI=1S/C31H34N4O4S/c1-40(38,39)33-19-23-6-8-24(9-7-23)21-35(17-16-26-20-32-29-5-3-2-4-27(26)29)30-14-12-25-18-22(10-13-28(25)30)11-15-31(36)34-37/h2-11,13,15,18,20,30,32-33,37H,12,14,16-17,19,21H2,1H3,(H,34,36). The molecule has 4 aromatic rings. The van der Waals surface area contributed by atoms with Crippen LogP contribution in [-0.2, 0) is 40.7 Å². The maximum atomic E-state index is 11.5. The molecule has 1 aliphatic rings. The van der Waals surface area contributed by atoms with Crippen molar-refractivity contribution in [3.05, 3.63) is 112 Å². The molecule has 5 rings (SSSR count). The van der Waals surface area contributed by atoms with Gasteiger partial charge in [0.1, 0.15) is 0 Å². The fourth-order valence-electron chi connectivity index (χ4n) is 5.47. The summed E-state index contributed by atoms with van der Waals surface area (Å²) >= 11 is 0. The summed E-state index contributed by atoms with van der Waals surface area (Å²) in [5.41, 5.74) is 9.65. The number of aromatic amines is 1. The number of hydroxylamine groups is 1. The molecule has 0 spiro atoms. The van der Waals surface area contributed by atoms with Gasteiger partial charge in [-0.05, 0) is 64.8 Å². The second-order valence-corrected chi connectivity index (χ2v) is 12.1. The number of nitrogens with zero attached hydrogens (tertiary/aromatic N) is 1. The smallest absolute Gasteiger partial charge is 0.267 e. The Kier molecular flexibility index (Phi) is 8.46. The van der Waals surface area contributed by atoms with E-state index >= 15 is 0 Å². The third-order valence-electron chi connectivity index (χ3n) is 7.48. The Morgan fingerprint density at radius 3 is 2.65 bits per heavy atom. The third-order valence-corrected chi connectivity index (χ3v) is 8.15. The van der Waals surface area contributed by atoms with Crippen molar-refractivity contribution < 1.29 is 18.4 Å². The van der Waals surface area contributed by atoms with Gasteiger partial charge in [0.2, 0.25) is 10.0 Å². The maximum absolute atomic E-state index is 11.5. The fraction of sp³-hybridized carbons (Fsp3) is 0.258. The number of benzene rings is 3. The molecular formula is C31H34N4O4S. The molecule has 0 radical (unpaired) electrons. The second kappa shape index (κ2) is 12.2. The van der Waals surface area contributed by atoms with Crippen LogP contribution < -0.4 is 10.2 Å². The number of carbonyl (C=O) groups excluding carboxylic acids is 1. The number of rotatable bonds is 11. The van der Waals surface area contributed by atoms with Crippen molar-refractivity contribution in [1.82, 2.24) is 20.1 Å². The van der Waals surface area contributed by atoms with Crippen LogP contribution in [0.5, 0.6) is 0 Å². The Morgan fingerprint density at radius 1 is 1.10 bits per heavy atom. The van der Waals surface area contributed by atoms with Crippen molar-refractivity contribution in [1.29, 1.82) is 0 Å². The summed E-state index contributed by atoms with van der Waals surface area (Å²) in [5, 5.41) is 10.0. The van der Waals surface area contributed by atoms with Crippen LogP contribution in [0.4, 0.5) is 0 Å². The summed E-state index contributed by atoms with van der Waals surface area (Å²) in [6.07, 6.45) is 9.15. The summed E-state index contributed by atoms with van der Waals surface area (Å²) in [4.78, 5) is 17.3. The number of para-hydroxylation sites is 1. The van der Waals surface area contributed by atoms with Crippen molar-refractivity contribution in [2.24, 2.45) is 0 Å². The number of hydrogen-bond donors (Lipinski definition) is 4. The van der Waals surface area contributed by atoms with Crippen LogP contribution in [0.15, 0.2) is 79.0 Å². The van der Waals surface area contributed by atoms with E-state index < -0.39 is 15.9 Å². The number of aromatic nitrogens is 1. The first kappa shape index (κ1) is 27.8. The predicted molar refractivity (Wildman–Crippen MR) is 157 cm³/mol. The van der Waals surface area contributed by atoms with Crippen molar-refractivity contribution in [2.45, 2.75) is 38.4 Å². The third kappa shape index (κ3) is 6.86. The van der Waals surface area contributed by atoms with Crippen molar-refractivity contribution >= 4 is 32.9 Å². The van der Waals surface area contributed by atoms with E-state index in [-0.39, 0.29) is 12.6 Å². The molecule has 40 heavy (non-hydrogen) atoms. The first-order valence-electron chi connectivity index (χ1n) is 13.4. The number of amides is 1. The number of carbonyl (C=O) groups is 1. The van der Waals surface area contributed by atoms with E-state index in [2.05, 4.69) is 63.3 Å². The van der Waals surface area contributed by atoms with Gasteiger partial charge in [0.25, 0.3) is 5.91 Å². The van der Waals surface area contributed by atoms with Gasteiger partial charge >= 0.3 is 0 Å². The van der Waals surface area contributed by atoms with Gasteiger partial charge in [-0.2, -0.15) is 0 Å². The molecule has 1 heterocycles. The lowest BCUT2D eigenvalue weighted by molar-refractivity contribution is -0.124. The average molecular weight is 559 g/mol. The van der Waals surface area contributed by atoms with Crippen LogP contribution in [0.25, 0.3) is 17.0 Å². The lowest BCUT2D eigenvalue weighted by Gasteiger charge is -2.30. The van der Waals surface area contributed by atoms with Crippen LogP contribution >= 0.6 is 0 Å². The molecule has 0 aliphatic heterocycles. The van der Waals surface area contributed by atoms with E-state index in [1.165, 1.54) is 33.7 Å². The quantitative estimate of drug-likeness (QED) is 0.123. The van der Waals surface area contributed by atoms with Crippen LogP contribution in [0.2, 0.25) is 0 Å². The predicted octanol–water partition coefficient (Wildman–Crippen LogP) is 4.47. The first-order chi connectivity index (χ1) is 19.3. The first-order valence-corrected chi connectivity index (χ1v) is 15.2. The van der Waals surface area contributed by atoms with Crippen LogP contribution in [0, 0.1) is 0 Å². The van der Waals surface area contributed by atoms with Crippen LogP contribution in [0.1, 0.15) is 45.8 Å². The molecule has 1 amide bonds. The molecule has 0 bridgehead atoms. The SMILES string of the molecule is CS(=O)(=O)NCc1ccc(CN(CCc2c[nH]c3ccccc23)C2CCc3cc(C=CC(=O)NO)ccc32)cc1. The highest BCUT2D eigenvalue weighted by Crippen LogP contribution is 2.37. The van der Waals surface area contributed by atoms with Gasteiger partial charge in [0.15, 0.2) is 0 Å². The van der Waals surface area contributed by atoms with Gasteiger partial charge in [0, 0.05) is 48.9 Å². The topological polar surface area (TPSA) is 115 Å². The average Bonchev–Trinajstić information content (AvgIpc) is 3.57. The normalized spacial score (nSPS) is 15.2. The van der Waals surface area contributed by atoms with E-state index in [1.807, 2.05) is 24.3 Å². The van der Waals surface area contributed by atoms with E-state index in [1.54, 1.807) is 11.6 Å². The molecule has 1 unspecified atom stereocenters. The van der Waals surface area contributed by atoms with Gasteiger partial charge in [-0.3, -0.25) is 14.9 Å². The Bertz CT molecular complexity index is 1630. The van der Waals surface area contributed by atoms with E-state index in [0.717, 1.165) is 55.3 Å². The van der Waals surface area contributed by atoms with Gasteiger partial charge in [0.05, 0.1) is 6.26 Å². The van der Waals surface area contributed by atoms with E-state index in [0.29, 0.717) is 0 Å². The van der Waals surface area contributed by atoms with E-state index in [9.17, 15) is 13.2 Å². The molecule has 0 fully saturated rings. The number of nitrogens with one attached hydrogen (secondary N) is 3. The Morgan fingerprint density at radius 2 is 1.88 bits per heavy atom. The number of aryl methyl sites for hydroxylation is 1. The second-order valence-electron chi connectivity index (χ2n) is 10.3. The zero-order valence-electron chi connectivity index (χ0n) is 22.4. The monoisotopic (exact) mass is 558 g/mol. The van der Waals surface area contributed by atoms with Gasteiger partial charge in [-0.15, -0.1) is 0 Å². The van der Waals surface area contributed by atoms with Crippen molar-refractivity contribution in [2.75, 3.05) is 12.8 Å². The highest BCUT2D eigenvalue weighted by Gasteiger charge is 2.28. The van der Waals surface area contributed by atoms with Crippen molar-refractivity contribution in [3.8, 4) is 0 Å². The molecule has 1 aromatic heterocycles. The lowest BCUT2D eigenvalue weighted by Crippen LogP contribution is -2.29. The molecule has 8 nitrogen and oxygen atoms in total. The summed E-state index contributed by atoms with van der Waals surface area (Å²) in [7, 11) is -3.24. The summed E-state index contributed by atoms with van der Waals surface area (Å²) in [5.74, 6) is -0.556. The largest absolute Gasteiger partial charge is 0.361 e. The fourth-order valence-corrected chi connectivity index (χ4v) is 5.90. The molecule has 0 saturated heterocycles.